The molecule has 1 atom stereocenters. The maximum Gasteiger partial charge on any atom is 0.222 e. The molecular formula is C16H22N2O2S. The molecule has 1 aromatic heterocycles. The first-order valence-corrected chi connectivity index (χ1v) is 8.89. The summed E-state index contributed by atoms with van der Waals surface area (Å²) < 4.78 is 5.58. The topological polar surface area (TPSA) is 42.4 Å². The molecule has 2 aliphatic heterocycles. The van der Waals surface area contributed by atoms with E-state index in [0.29, 0.717) is 12.3 Å². The second-order valence-corrected chi connectivity index (χ2v) is 7.87. The van der Waals surface area contributed by atoms with E-state index in [1.54, 1.807) is 0 Å². The Hall–Kier alpha value is -0.940. The van der Waals surface area contributed by atoms with Crippen LogP contribution in [0.2, 0.25) is 0 Å². The summed E-state index contributed by atoms with van der Waals surface area (Å²) in [5.74, 6) is 0.316. The summed E-state index contributed by atoms with van der Waals surface area (Å²) in [6, 6.07) is 0. The number of hydrogen-bond donors (Lipinski definition) is 0. The number of aryl methyl sites for hydroxylation is 2. The summed E-state index contributed by atoms with van der Waals surface area (Å²) >= 11 is 1.86. The molecule has 0 aromatic carbocycles. The molecule has 0 radical (unpaired) electrons. The van der Waals surface area contributed by atoms with Gasteiger partial charge in [-0.3, -0.25) is 4.79 Å². The van der Waals surface area contributed by atoms with E-state index in [1.165, 1.54) is 28.4 Å². The van der Waals surface area contributed by atoms with Crippen LogP contribution in [0.25, 0.3) is 0 Å². The molecule has 2 saturated heterocycles. The SMILES string of the molecule is O=C1CC[C@]2(CCOC2)CN1CCc1nc2c(s1)CCC2. The number of ether oxygens (including phenoxy) is 1. The first-order valence-electron chi connectivity index (χ1n) is 8.07. The number of fused-ring (bicyclic) bond motifs is 1. The number of hydrogen-bond acceptors (Lipinski definition) is 4. The smallest absolute Gasteiger partial charge is 0.222 e. The van der Waals surface area contributed by atoms with Gasteiger partial charge in [0.25, 0.3) is 0 Å². The Morgan fingerprint density at radius 3 is 3.05 bits per heavy atom. The molecule has 1 spiro atoms. The fraction of sp³-hybridized carbons (Fsp3) is 0.750. The molecule has 114 valence electrons. The zero-order valence-corrected chi connectivity index (χ0v) is 13.2. The first-order chi connectivity index (χ1) is 10.2. The predicted molar refractivity (Wildman–Crippen MR) is 81.5 cm³/mol. The van der Waals surface area contributed by atoms with Crippen molar-refractivity contribution < 1.29 is 9.53 Å². The molecule has 21 heavy (non-hydrogen) atoms. The monoisotopic (exact) mass is 306 g/mol. The second kappa shape index (κ2) is 5.36. The molecule has 2 fully saturated rings. The van der Waals surface area contributed by atoms with Gasteiger partial charge in [0.1, 0.15) is 0 Å². The van der Waals surface area contributed by atoms with Gasteiger partial charge in [-0.1, -0.05) is 0 Å². The van der Waals surface area contributed by atoms with Crippen molar-refractivity contribution >= 4 is 17.2 Å². The van der Waals surface area contributed by atoms with E-state index >= 15 is 0 Å². The highest BCUT2D eigenvalue weighted by Gasteiger charge is 2.41. The van der Waals surface area contributed by atoms with E-state index in [9.17, 15) is 4.79 Å². The van der Waals surface area contributed by atoms with Crippen LogP contribution in [0.3, 0.4) is 0 Å². The molecule has 0 saturated carbocycles. The number of nitrogens with zero attached hydrogens (tertiary/aromatic N) is 2. The van der Waals surface area contributed by atoms with Crippen LogP contribution >= 0.6 is 11.3 Å². The Morgan fingerprint density at radius 1 is 1.29 bits per heavy atom. The molecule has 3 aliphatic rings. The van der Waals surface area contributed by atoms with Gasteiger partial charge in [-0.2, -0.15) is 0 Å². The van der Waals surface area contributed by atoms with Gasteiger partial charge in [0, 0.05) is 42.8 Å². The van der Waals surface area contributed by atoms with E-state index in [0.717, 1.165) is 52.0 Å². The van der Waals surface area contributed by atoms with Crippen molar-refractivity contribution in [2.45, 2.75) is 44.9 Å². The average molecular weight is 306 g/mol. The minimum atomic E-state index is 0.249. The van der Waals surface area contributed by atoms with Crippen molar-refractivity contribution in [2.24, 2.45) is 5.41 Å². The summed E-state index contributed by atoms with van der Waals surface area (Å²) in [5.41, 5.74) is 1.57. The fourth-order valence-corrected chi connectivity index (χ4v) is 5.00. The molecule has 1 amide bonds. The molecule has 1 aromatic rings. The van der Waals surface area contributed by atoms with Crippen LogP contribution in [0.5, 0.6) is 0 Å². The molecule has 1 aliphatic carbocycles. The van der Waals surface area contributed by atoms with Crippen molar-refractivity contribution in [2.75, 3.05) is 26.3 Å². The Labute approximate surface area is 129 Å². The second-order valence-electron chi connectivity index (χ2n) is 6.70. The van der Waals surface area contributed by atoms with E-state index in [1.807, 2.05) is 11.3 Å². The standard InChI is InChI=1S/C16H22N2O2S/c19-15-4-6-16(7-9-20-11-16)10-18(15)8-5-14-17-12-2-1-3-13(12)21-14/h1-11H2/t16-/m0/s1. The highest BCUT2D eigenvalue weighted by atomic mass is 32.1. The number of carbonyl (C=O) groups is 1. The molecule has 4 rings (SSSR count). The van der Waals surface area contributed by atoms with Crippen LogP contribution in [-0.2, 0) is 28.8 Å². The van der Waals surface area contributed by atoms with Crippen molar-refractivity contribution in [1.82, 2.24) is 9.88 Å². The van der Waals surface area contributed by atoms with Gasteiger partial charge >= 0.3 is 0 Å². The van der Waals surface area contributed by atoms with Crippen molar-refractivity contribution in [3.8, 4) is 0 Å². The van der Waals surface area contributed by atoms with Crippen LogP contribution in [0.1, 0.15) is 41.3 Å². The number of likely N-dealkylation sites (tertiary alicyclic amines) is 1. The lowest BCUT2D eigenvalue weighted by Gasteiger charge is -2.39. The van der Waals surface area contributed by atoms with E-state index in [2.05, 4.69) is 4.90 Å². The Morgan fingerprint density at radius 2 is 2.24 bits per heavy atom. The maximum absolute atomic E-state index is 12.2. The number of carbonyl (C=O) groups excluding carboxylic acids is 1. The lowest BCUT2D eigenvalue weighted by atomic mass is 9.79. The first kappa shape index (κ1) is 13.7. The van der Waals surface area contributed by atoms with Crippen LogP contribution in [0.4, 0.5) is 0 Å². The van der Waals surface area contributed by atoms with Gasteiger partial charge in [0.2, 0.25) is 5.91 Å². The number of aromatic nitrogens is 1. The van der Waals surface area contributed by atoms with Gasteiger partial charge in [0.15, 0.2) is 0 Å². The third kappa shape index (κ3) is 2.61. The lowest BCUT2D eigenvalue weighted by Crippen LogP contribution is -2.47. The minimum absolute atomic E-state index is 0.249. The van der Waals surface area contributed by atoms with Gasteiger partial charge in [-0.05, 0) is 32.1 Å². The average Bonchev–Trinajstić information content (AvgIpc) is 3.16. The minimum Gasteiger partial charge on any atom is -0.381 e. The molecule has 4 nitrogen and oxygen atoms in total. The van der Waals surface area contributed by atoms with Gasteiger partial charge in [0.05, 0.1) is 17.3 Å². The number of piperidine rings is 1. The quantitative estimate of drug-likeness (QED) is 0.860. The predicted octanol–water partition coefficient (Wildman–Crippen LogP) is 2.20. The van der Waals surface area contributed by atoms with E-state index < -0.39 is 0 Å². The summed E-state index contributed by atoms with van der Waals surface area (Å²) in [4.78, 5) is 20.5. The summed E-state index contributed by atoms with van der Waals surface area (Å²) in [6.07, 6.45) is 7.35. The number of thiazole rings is 1. The van der Waals surface area contributed by atoms with Gasteiger partial charge in [-0.25, -0.2) is 4.98 Å². The highest BCUT2D eigenvalue weighted by Crippen LogP contribution is 2.38. The number of rotatable bonds is 3. The number of amides is 1. The molecule has 0 N–H and O–H groups in total. The van der Waals surface area contributed by atoms with E-state index in [4.69, 9.17) is 9.72 Å². The van der Waals surface area contributed by atoms with Crippen LogP contribution in [-0.4, -0.2) is 42.1 Å². The third-order valence-electron chi connectivity index (χ3n) is 5.17. The molecule has 5 heteroatoms. The van der Waals surface area contributed by atoms with Crippen molar-refractivity contribution in [1.29, 1.82) is 0 Å². The molecular weight excluding hydrogens is 284 g/mol. The third-order valence-corrected chi connectivity index (χ3v) is 6.39. The Bertz CT molecular complexity index is 527. The van der Waals surface area contributed by atoms with Gasteiger partial charge < -0.3 is 9.64 Å². The zero-order chi connectivity index (χ0) is 14.3. The molecule has 0 bridgehead atoms. The summed E-state index contributed by atoms with van der Waals surface area (Å²) in [6.45, 7) is 3.41. The maximum atomic E-state index is 12.2. The largest absolute Gasteiger partial charge is 0.381 e. The van der Waals surface area contributed by atoms with Crippen LogP contribution in [0.15, 0.2) is 0 Å². The lowest BCUT2D eigenvalue weighted by molar-refractivity contribution is -0.137. The highest BCUT2D eigenvalue weighted by molar-refractivity contribution is 7.11. The Balaban J connectivity index is 1.39. The van der Waals surface area contributed by atoms with Crippen molar-refractivity contribution in [3.05, 3.63) is 15.6 Å². The molecule has 3 heterocycles. The molecule has 0 unspecified atom stereocenters. The zero-order valence-electron chi connectivity index (χ0n) is 12.4. The van der Waals surface area contributed by atoms with Crippen LogP contribution in [0, 0.1) is 5.41 Å². The summed E-state index contributed by atoms with van der Waals surface area (Å²) in [5, 5.41) is 1.22. The van der Waals surface area contributed by atoms with E-state index in [-0.39, 0.29) is 5.41 Å². The van der Waals surface area contributed by atoms with Gasteiger partial charge in [-0.15, -0.1) is 11.3 Å². The normalized spacial score (nSPS) is 28.6. The Kier molecular flexibility index (Phi) is 3.50. The fourth-order valence-electron chi connectivity index (χ4n) is 3.86. The van der Waals surface area contributed by atoms with Crippen molar-refractivity contribution in [3.63, 3.8) is 0 Å². The van der Waals surface area contributed by atoms with Crippen LogP contribution < -0.4 is 0 Å². The summed E-state index contributed by atoms with van der Waals surface area (Å²) in [7, 11) is 0.